The van der Waals surface area contributed by atoms with Crippen LogP contribution in [0.1, 0.15) is 50.3 Å². The van der Waals surface area contributed by atoms with Gasteiger partial charge >= 0.3 is 0 Å². The first-order valence-electron chi connectivity index (χ1n) is 9.88. The highest BCUT2D eigenvalue weighted by Crippen LogP contribution is 2.42. The Bertz CT molecular complexity index is 648. The number of tetrazole rings is 1. The average molecular weight is 361 g/mol. The molecule has 9 heteroatoms. The van der Waals surface area contributed by atoms with E-state index in [0.29, 0.717) is 23.9 Å². The van der Waals surface area contributed by atoms with Crippen molar-refractivity contribution in [3.63, 3.8) is 0 Å². The lowest BCUT2D eigenvalue weighted by Crippen LogP contribution is -2.66. The molecule has 5 N–H and O–H groups in total. The lowest BCUT2D eigenvalue weighted by atomic mass is 9.72. The van der Waals surface area contributed by atoms with E-state index in [9.17, 15) is 4.79 Å². The number of hydrogen-bond acceptors (Lipinski definition) is 8. The topological polar surface area (TPSA) is 131 Å². The standard InChI is InChI=1S/C17H27N7O2/c18-14-12(15-21-23-24-22-15)6-11-13(25)10-5-9(8-3-1-2-4-8)7-19-16(10)26-17(11)20-14/h8-12,14,16-17,19-20H,1-7,18H2,(H,21,22,23,24). The number of ether oxygens (including phenoxy) is 1. The van der Waals surface area contributed by atoms with Gasteiger partial charge in [0.25, 0.3) is 0 Å². The van der Waals surface area contributed by atoms with E-state index in [1.165, 1.54) is 25.7 Å². The minimum atomic E-state index is -0.354. The van der Waals surface area contributed by atoms with E-state index < -0.39 is 0 Å². The lowest BCUT2D eigenvalue weighted by Gasteiger charge is -2.49. The number of Topliss-reactive ketones (excluding diaryl/α,β-unsaturated/α-hetero) is 1. The van der Waals surface area contributed by atoms with E-state index in [1.807, 2.05) is 0 Å². The molecule has 3 saturated heterocycles. The Hall–Kier alpha value is -1.42. The molecule has 1 aromatic heterocycles. The highest BCUT2D eigenvalue weighted by Gasteiger charge is 2.52. The summed E-state index contributed by atoms with van der Waals surface area (Å²) in [5.74, 6) is 1.81. The second-order valence-corrected chi connectivity index (χ2v) is 8.35. The Balaban J connectivity index is 1.32. The first-order valence-corrected chi connectivity index (χ1v) is 9.88. The van der Waals surface area contributed by atoms with Gasteiger partial charge in [-0.2, -0.15) is 5.21 Å². The molecule has 3 aliphatic heterocycles. The first-order chi connectivity index (χ1) is 12.7. The highest BCUT2D eigenvalue weighted by atomic mass is 16.5. The van der Waals surface area contributed by atoms with Crippen molar-refractivity contribution in [2.75, 3.05) is 6.54 Å². The second-order valence-electron chi connectivity index (χ2n) is 8.35. The summed E-state index contributed by atoms with van der Waals surface area (Å²) < 4.78 is 6.22. The molecule has 4 heterocycles. The monoisotopic (exact) mass is 361 g/mol. The van der Waals surface area contributed by atoms with Gasteiger partial charge in [-0.15, -0.1) is 10.2 Å². The summed E-state index contributed by atoms with van der Waals surface area (Å²) in [6, 6.07) is 0. The van der Waals surface area contributed by atoms with Crippen LogP contribution in [-0.4, -0.2) is 51.6 Å². The smallest absolute Gasteiger partial charge is 0.180 e. The van der Waals surface area contributed by atoms with Crippen LogP contribution in [0.2, 0.25) is 0 Å². The molecule has 142 valence electrons. The molecular weight excluding hydrogens is 334 g/mol. The van der Waals surface area contributed by atoms with Crippen molar-refractivity contribution in [3.8, 4) is 0 Å². The number of nitrogens with two attached hydrogens (primary N) is 1. The molecule has 4 fully saturated rings. The van der Waals surface area contributed by atoms with Crippen molar-refractivity contribution >= 4 is 5.78 Å². The maximum atomic E-state index is 13.3. The van der Waals surface area contributed by atoms with Crippen molar-refractivity contribution in [1.82, 2.24) is 31.3 Å². The van der Waals surface area contributed by atoms with Crippen LogP contribution in [0.4, 0.5) is 0 Å². The molecule has 26 heavy (non-hydrogen) atoms. The molecule has 0 radical (unpaired) electrons. The molecule has 7 unspecified atom stereocenters. The lowest BCUT2D eigenvalue weighted by molar-refractivity contribution is -0.184. The van der Waals surface area contributed by atoms with Gasteiger partial charge in [-0.3, -0.25) is 15.4 Å². The molecule has 1 aromatic rings. The SMILES string of the molecule is NC1NC2OC3NCC(C4CCCC4)CC3C(=O)C2CC1c1nn[nH]n1. The van der Waals surface area contributed by atoms with E-state index in [1.54, 1.807) is 0 Å². The van der Waals surface area contributed by atoms with Gasteiger partial charge < -0.3 is 10.5 Å². The molecular formula is C17H27N7O2. The minimum Gasteiger partial charge on any atom is -0.344 e. The molecule has 9 nitrogen and oxygen atoms in total. The molecule has 0 aromatic carbocycles. The number of ketones is 1. The Labute approximate surface area is 152 Å². The van der Waals surface area contributed by atoms with Crippen LogP contribution in [0.15, 0.2) is 0 Å². The van der Waals surface area contributed by atoms with Gasteiger partial charge in [0.2, 0.25) is 0 Å². The van der Waals surface area contributed by atoms with Gasteiger partial charge in [0.05, 0.1) is 23.9 Å². The van der Waals surface area contributed by atoms with E-state index >= 15 is 0 Å². The van der Waals surface area contributed by atoms with Gasteiger partial charge in [0, 0.05) is 6.54 Å². The molecule has 0 amide bonds. The van der Waals surface area contributed by atoms with Gasteiger partial charge in [0.15, 0.2) is 5.82 Å². The predicted molar refractivity (Wildman–Crippen MR) is 91.4 cm³/mol. The fourth-order valence-corrected chi connectivity index (χ4v) is 5.53. The molecule has 5 rings (SSSR count). The van der Waals surface area contributed by atoms with Crippen molar-refractivity contribution in [2.24, 2.45) is 29.4 Å². The number of carbonyl (C=O) groups is 1. The number of carbonyl (C=O) groups excluding carboxylic acids is 1. The van der Waals surface area contributed by atoms with Crippen LogP contribution in [0.3, 0.4) is 0 Å². The zero-order valence-corrected chi connectivity index (χ0v) is 14.8. The average Bonchev–Trinajstić information content (AvgIpc) is 3.35. The normalized spacial score (nSPS) is 43.9. The van der Waals surface area contributed by atoms with Crippen LogP contribution in [0.5, 0.6) is 0 Å². The zero-order chi connectivity index (χ0) is 17.7. The van der Waals surface area contributed by atoms with E-state index in [4.69, 9.17) is 10.5 Å². The van der Waals surface area contributed by atoms with E-state index in [2.05, 4.69) is 31.3 Å². The summed E-state index contributed by atoms with van der Waals surface area (Å²) in [6.07, 6.45) is 5.95. The van der Waals surface area contributed by atoms with Crippen LogP contribution >= 0.6 is 0 Å². The maximum Gasteiger partial charge on any atom is 0.180 e. The highest BCUT2D eigenvalue weighted by molar-refractivity contribution is 5.85. The molecule has 4 aliphatic rings. The Morgan fingerprint density at radius 1 is 1.04 bits per heavy atom. The summed E-state index contributed by atoms with van der Waals surface area (Å²) in [7, 11) is 0. The summed E-state index contributed by atoms with van der Waals surface area (Å²) in [5.41, 5.74) is 6.25. The number of aromatic amines is 1. The number of piperidine rings is 2. The number of hydrogen-bond donors (Lipinski definition) is 4. The largest absolute Gasteiger partial charge is 0.344 e. The Morgan fingerprint density at radius 2 is 1.85 bits per heavy atom. The second kappa shape index (κ2) is 6.63. The first kappa shape index (κ1) is 16.7. The molecule has 0 bridgehead atoms. The van der Waals surface area contributed by atoms with Gasteiger partial charge in [-0.25, -0.2) is 0 Å². The number of nitrogens with zero attached hydrogens (tertiary/aromatic N) is 3. The molecule has 0 spiro atoms. The molecule has 1 saturated carbocycles. The van der Waals surface area contributed by atoms with E-state index in [-0.39, 0.29) is 36.4 Å². The number of fused-ring (bicyclic) bond motifs is 2. The summed E-state index contributed by atoms with van der Waals surface area (Å²) in [5, 5.41) is 21.0. The third kappa shape index (κ3) is 2.77. The summed E-state index contributed by atoms with van der Waals surface area (Å²) in [6.45, 7) is 0.952. The maximum absolute atomic E-state index is 13.3. The van der Waals surface area contributed by atoms with Gasteiger partial charge in [0.1, 0.15) is 18.2 Å². The fourth-order valence-electron chi connectivity index (χ4n) is 5.53. The Morgan fingerprint density at radius 3 is 2.62 bits per heavy atom. The number of nitrogens with one attached hydrogen (secondary N) is 3. The van der Waals surface area contributed by atoms with E-state index in [0.717, 1.165) is 18.9 Å². The number of rotatable bonds is 2. The van der Waals surface area contributed by atoms with Crippen LogP contribution in [-0.2, 0) is 9.53 Å². The zero-order valence-electron chi connectivity index (χ0n) is 14.8. The third-order valence-electron chi connectivity index (χ3n) is 6.95. The minimum absolute atomic E-state index is 0.0577. The number of aromatic nitrogens is 4. The third-order valence-corrected chi connectivity index (χ3v) is 6.95. The Kier molecular flexibility index (Phi) is 4.27. The quantitative estimate of drug-likeness (QED) is 0.572. The van der Waals surface area contributed by atoms with Crippen molar-refractivity contribution in [2.45, 2.75) is 63.1 Å². The van der Waals surface area contributed by atoms with Crippen LogP contribution in [0.25, 0.3) is 0 Å². The summed E-state index contributed by atoms with van der Waals surface area (Å²) >= 11 is 0. The van der Waals surface area contributed by atoms with Crippen LogP contribution in [0, 0.1) is 23.7 Å². The molecule has 7 atom stereocenters. The van der Waals surface area contributed by atoms with Crippen LogP contribution < -0.4 is 16.4 Å². The van der Waals surface area contributed by atoms with Crippen molar-refractivity contribution in [1.29, 1.82) is 0 Å². The predicted octanol–water partition coefficient (Wildman–Crippen LogP) is -0.155. The molecule has 1 aliphatic carbocycles. The van der Waals surface area contributed by atoms with Gasteiger partial charge in [-0.1, -0.05) is 30.9 Å². The van der Waals surface area contributed by atoms with Crippen molar-refractivity contribution in [3.05, 3.63) is 5.82 Å². The number of H-pyrrole nitrogens is 1. The van der Waals surface area contributed by atoms with Gasteiger partial charge in [-0.05, 0) is 24.7 Å². The summed E-state index contributed by atoms with van der Waals surface area (Å²) in [4.78, 5) is 13.3. The van der Waals surface area contributed by atoms with Crippen molar-refractivity contribution < 1.29 is 9.53 Å². The fraction of sp³-hybridized carbons (Fsp3) is 0.882.